The van der Waals surface area contributed by atoms with E-state index >= 15 is 0 Å². The zero-order valence-corrected chi connectivity index (χ0v) is 16.7. The van der Waals surface area contributed by atoms with Gasteiger partial charge in [0.1, 0.15) is 11.4 Å². The molecule has 0 amide bonds. The molecule has 1 saturated carbocycles. The smallest absolute Gasteiger partial charge is 0.123 e. The van der Waals surface area contributed by atoms with Crippen LogP contribution in [-0.2, 0) is 6.42 Å². The summed E-state index contributed by atoms with van der Waals surface area (Å²) >= 11 is 0. The van der Waals surface area contributed by atoms with E-state index in [1.807, 2.05) is 0 Å². The lowest BCUT2D eigenvalue weighted by atomic mass is 9.59. The third-order valence-corrected chi connectivity index (χ3v) is 6.65. The molecule has 25 heavy (non-hydrogen) atoms. The highest BCUT2D eigenvalue weighted by Crippen LogP contribution is 2.51. The van der Waals surface area contributed by atoms with Gasteiger partial charge in [0.15, 0.2) is 0 Å². The normalized spacial score (nSPS) is 34.3. The molecule has 1 heterocycles. The van der Waals surface area contributed by atoms with Crippen LogP contribution in [0.2, 0.25) is 0 Å². The summed E-state index contributed by atoms with van der Waals surface area (Å²) in [5.74, 6) is 3.85. The van der Waals surface area contributed by atoms with Crippen LogP contribution < -0.4 is 10.1 Å². The predicted octanol–water partition coefficient (Wildman–Crippen LogP) is 3.83. The first-order valence-electron chi connectivity index (χ1n) is 10.0. The number of benzene rings is 1. The number of fused-ring (bicyclic) bond motifs is 2. The van der Waals surface area contributed by atoms with Gasteiger partial charge in [0.2, 0.25) is 0 Å². The Morgan fingerprint density at radius 2 is 2.00 bits per heavy atom. The SMILES string of the molecule is C[C@@H]1[C@H](CNCCCN(C)C)[C@@H](C)C[C@]2(C)Oc3ccccc3C[C@@H]12. The van der Waals surface area contributed by atoms with E-state index < -0.39 is 0 Å². The molecule has 1 aromatic carbocycles. The standard InChI is InChI=1S/C22H36N2O/c1-16-14-22(3)20(13-18-9-6-7-10-21(18)25-22)17(2)19(16)15-23-11-8-12-24(4)5/h6-7,9-10,16-17,19-20,23H,8,11-15H2,1-5H3/t16-,17+,19+,20-,22-/m0/s1. The van der Waals surface area contributed by atoms with Crippen molar-refractivity contribution < 1.29 is 4.74 Å². The van der Waals surface area contributed by atoms with Crippen molar-refractivity contribution in [3.8, 4) is 5.75 Å². The van der Waals surface area contributed by atoms with Gasteiger partial charge in [-0.3, -0.25) is 0 Å². The van der Waals surface area contributed by atoms with Gasteiger partial charge >= 0.3 is 0 Å². The molecule has 1 aromatic rings. The summed E-state index contributed by atoms with van der Waals surface area (Å²) in [6.45, 7) is 10.7. The number of nitrogens with one attached hydrogen (secondary N) is 1. The van der Waals surface area contributed by atoms with Crippen LogP contribution in [0.4, 0.5) is 0 Å². The molecule has 1 aliphatic carbocycles. The van der Waals surface area contributed by atoms with Crippen LogP contribution in [0, 0.1) is 23.7 Å². The average molecular weight is 345 g/mol. The lowest BCUT2D eigenvalue weighted by Crippen LogP contribution is -2.56. The second-order valence-corrected chi connectivity index (χ2v) is 8.90. The Morgan fingerprint density at radius 3 is 2.76 bits per heavy atom. The molecule has 1 fully saturated rings. The van der Waals surface area contributed by atoms with E-state index in [-0.39, 0.29) is 5.60 Å². The molecule has 0 spiro atoms. The van der Waals surface area contributed by atoms with Crippen LogP contribution in [-0.4, -0.2) is 44.2 Å². The maximum absolute atomic E-state index is 6.56. The largest absolute Gasteiger partial charge is 0.487 e. The van der Waals surface area contributed by atoms with Gasteiger partial charge in [0.25, 0.3) is 0 Å². The van der Waals surface area contributed by atoms with Crippen molar-refractivity contribution >= 4 is 0 Å². The van der Waals surface area contributed by atoms with E-state index in [1.165, 1.54) is 18.4 Å². The second kappa shape index (κ2) is 7.67. The van der Waals surface area contributed by atoms with E-state index in [1.54, 1.807) is 0 Å². The molecule has 140 valence electrons. The minimum atomic E-state index is -0.00535. The van der Waals surface area contributed by atoms with Crippen molar-refractivity contribution in [2.45, 2.75) is 45.6 Å². The number of hydrogen-bond donors (Lipinski definition) is 1. The van der Waals surface area contributed by atoms with Gasteiger partial charge in [-0.1, -0.05) is 32.0 Å². The van der Waals surface area contributed by atoms with Gasteiger partial charge in [-0.25, -0.2) is 0 Å². The minimum Gasteiger partial charge on any atom is -0.487 e. The Kier molecular flexibility index (Phi) is 5.75. The highest BCUT2D eigenvalue weighted by molar-refractivity contribution is 5.37. The molecule has 3 rings (SSSR count). The fraction of sp³-hybridized carbons (Fsp3) is 0.727. The Morgan fingerprint density at radius 1 is 1.24 bits per heavy atom. The van der Waals surface area contributed by atoms with Gasteiger partial charge in [-0.2, -0.15) is 0 Å². The highest BCUT2D eigenvalue weighted by atomic mass is 16.5. The molecule has 5 atom stereocenters. The molecule has 0 radical (unpaired) electrons. The zero-order chi connectivity index (χ0) is 18.0. The highest BCUT2D eigenvalue weighted by Gasteiger charge is 2.51. The summed E-state index contributed by atoms with van der Waals surface area (Å²) in [5, 5.41) is 3.73. The quantitative estimate of drug-likeness (QED) is 0.794. The Labute approximate surface area is 154 Å². The number of hydrogen-bond acceptors (Lipinski definition) is 3. The monoisotopic (exact) mass is 344 g/mol. The van der Waals surface area contributed by atoms with Crippen molar-refractivity contribution in [2.75, 3.05) is 33.7 Å². The van der Waals surface area contributed by atoms with Crippen LogP contribution in [0.5, 0.6) is 5.75 Å². The summed E-state index contributed by atoms with van der Waals surface area (Å²) in [6, 6.07) is 8.63. The van der Waals surface area contributed by atoms with Crippen molar-refractivity contribution in [1.29, 1.82) is 0 Å². The predicted molar refractivity (Wildman–Crippen MR) is 105 cm³/mol. The maximum Gasteiger partial charge on any atom is 0.123 e. The molecule has 1 aliphatic heterocycles. The summed E-state index contributed by atoms with van der Waals surface area (Å²) in [6.07, 6.45) is 3.55. The van der Waals surface area contributed by atoms with Crippen molar-refractivity contribution in [2.24, 2.45) is 23.7 Å². The molecular weight excluding hydrogens is 308 g/mol. The first kappa shape index (κ1) is 18.7. The van der Waals surface area contributed by atoms with Gasteiger partial charge in [0.05, 0.1) is 0 Å². The van der Waals surface area contributed by atoms with E-state index in [0.29, 0.717) is 17.8 Å². The fourth-order valence-corrected chi connectivity index (χ4v) is 5.27. The first-order valence-corrected chi connectivity index (χ1v) is 10.0. The van der Waals surface area contributed by atoms with Crippen molar-refractivity contribution in [1.82, 2.24) is 10.2 Å². The Hall–Kier alpha value is -1.06. The van der Waals surface area contributed by atoms with E-state index in [4.69, 9.17) is 4.74 Å². The average Bonchev–Trinajstić information content (AvgIpc) is 2.55. The lowest BCUT2D eigenvalue weighted by Gasteiger charge is -2.53. The summed E-state index contributed by atoms with van der Waals surface area (Å²) in [5.41, 5.74) is 1.39. The molecular formula is C22H36N2O. The molecule has 2 aliphatic rings. The van der Waals surface area contributed by atoms with Crippen molar-refractivity contribution in [3.63, 3.8) is 0 Å². The minimum absolute atomic E-state index is 0.00535. The maximum atomic E-state index is 6.56. The first-order chi connectivity index (χ1) is 11.9. The van der Waals surface area contributed by atoms with E-state index in [2.05, 4.69) is 69.3 Å². The van der Waals surface area contributed by atoms with Crippen LogP contribution in [0.15, 0.2) is 24.3 Å². The van der Waals surface area contributed by atoms with Gasteiger partial charge < -0.3 is 15.0 Å². The van der Waals surface area contributed by atoms with Gasteiger partial charge in [0, 0.05) is 5.92 Å². The number of ether oxygens (including phenoxy) is 1. The number of nitrogens with zero attached hydrogens (tertiary/aromatic N) is 1. The zero-order valence-electron chi connectivity index (χ0n) is 16.7. The van der Waals surface area contributed by atoms with Gasteiger partial charge in [-0.15, -0.1) is 0 Å². The molecule has 1 N–H and O–H groups in total. The third-order valence-electron chi connectivity index (χ3n) is 6.65. The summed E-state index contributed by atoms with van der Waals surface area (Å²) in [7, 11) is 4.29. The molecule has 0 bridgehead atoms. The van der Waals surface area contributed by atoms with Crippen LogP contribution >= 0.6 is 0 Å². The van der Waals surface area contributed by atoms with E-state index in [9.17, 15) is 0 Å². The summed E-state index contributed by atoms with van der Waals surface area (Å²) < 4.78 is 6.56. The van der Waals surface area contributed by atoms with E-state index in [0.717, 1.165) is 37.7 Å². The third kappa shape index (κ3) is 4.03. The Balaban J connectivity index is 1.64. The summed E-state index contributed by atoms with van der Waals surface area (Å²) in [4.78, 5) is 2.26. The fourth-order valence-electron chi connectivity index (χ4n) is 5.27. The number of rotatable bonds is 6. The van der Waals surface area contributed by atoms with Gasteiger partial charge in [-0.05, 0) is 89.3 Å². The van der Waals surface area contributed by atoms with Crippen LogP contribution in [0.3, 0.4) is 0 Å². The number of para-hydroxylation sites is 1. The topological polar surface area (TPSA) is 24.5 Å². The van der Waals surface area contributed by atoms with Crippen molar-refractivity contribution in [3.05, 3.63) is 29.8 Å². The van der Waals surface area contributed by atoms with Crippen LogP contribution in [0.1, 0.15) is 39.2 Å². The second-order valence-electron chi connectivity index (χ2n) is 8.90. The van der Waals surface area contributed by atoms with Crippen LogP contribution in [0.25, 0.3) is 0 Å². The Bertz CT molecular complexity index is 573. The molecule has 0 unspecified atom stereocenters. The molecule has 0 aromatic heterocycles. The molecule has 3 nitrogen and oxygen atoms in total. The lowest BCUT2D eigenvalue weighted by molar-refractivity contribution is -0.0887. The molecule has 3 heteroatoms. The molecule has 0 saturated heterocycles.